The summed E-state index contributed by atoms with van der Waals surface area (Å²) in [7, 11) is 0. The highest BCUT2D eigenvalue weighted by Crippen LogP contribution is 2.61. The van der Waals surface area contributed by atoms with Gasteiger partial charge in [0, 0.05) is 17.5 Å². The minimum absolute atomic E-state index is 0.0531. The Morgan fingerprint density at radius 3 is 2.57 bits per heavy atom. The van der Waals surface area contributed by atoms with E-state index in [4.69, 9.17) is 10.8 Å². The van der Waals surface area contributed by atoms with Crippen molar-refractivity contribution in [2.45, 2.75) is 18.0 Å². The van der Waals surface area contributed by atoms with E-state index in [2.05, 4.69) is 5.32 Å². The van der Waals surface area contributed by atoms with Gasteiger partial charge in [-0.15, -0.1) is 0 Å². The summed E-state index contributed by atoms with van der Waals surface area (Å²) in [4.78, 5) is 34.8. The Balaban J connectivity index is 1.80. The number of nitrogens with two attached hydrogens (primary N) is 1. The number of hydrogen-bond acceptors (Lipinski definition) is 4. The molecule has 7 nitrogen and oxygen atoms in total. The van der Waals surface area contributed by atoms with Crippen LogP contribution in [-0.4, -0.2) is 39.6 Å². The van der Waals surface area contributed by atoms with Gasteiger partial charge in [0.25, 0.3) is 5.91 Å². The van der Waals surface area contributed by atoms with Crippen molar-refractivity contribution >= 4 is 17.8 Å². The van der Waals surface area contributed by atoms with Gasteiger partial charge in [-0.05, 0) is 30.5 Å². The molecule has 0 bridgehead atoms. The number of rotatable bonds is 4. The number of carboxylic acids is 2. The lowest BCUT2D eigenvalue weighted by molar-refractivity contribution is -0.145. The first-order chi connectivity index (χ1) is 10.8. The van der Waals surface area contributed by atoms with Gasteiger partial charge in [0.2, 0.25) is 0 Å². The highest BCUT2D eigenvalue weighted by molar-refractivity contribution is 5.95. The average molecular weight is 322 g/mol. The van der Waals surface area contributed by atoms with Crippen LogP contribution in [0.25, 0.3) is 0 Å². The Labute approximate surface area is 130 Å². The van der Waals surface area contributed by atoms with Crippen LogP contribution in [0.3, 0.4) is 0 Å². The maximum Gasteiger partial charge on any atom is 0.324 e. The first-order valence-electron chi connectivity index (χ1n) is 7.07. The second-order valence-electron chi connectivity index (χ2n) is 6.11. The Morgan fingerprint density at radius 2 is 2.00 bits per heavy atom. The monoisotopic (exact) mass is 322 g/mol. The number of nitrogens with one attached hydrogen (secondary N) is 1. The van der Waals surface area contributed by atoms with E-state index in [9.17, 15) is 23.9 Å². The average Bonchev–Trinajstić information content (AvgIpc) is 3.16. The molecule has 5 N–H and O–H groups in total. The lowest BCUT2D eigenvalue weighted by Gasteiger charge is -2.25. The molecule has 2 fully saturated rings. The van der Waals surface area contributed by atoms with E-state index in [1.807, 2.05) is 0 Å². The fourth-order valence-corrected chi connectivity index (χ4v) is 3.71. The van der Waals surface area contributed by atoms with Crippen molar-refractivity contribution in [1.82, 2.24) is 5.32 Å². The van der Waals surface area contributed by atoms with Crippen molar-refractivity contribution < 1.29 is 29.0 Å². The smallest absolute Gasteiger partial charge is 0.324 e. The van der Waals surface area contributed by atoms with Gasteiger partial charge in [-0.25, -0.2) is 4.39 Å². The predicted molar refractivity (Wildman–Crippen MR) is 74.9 cm³/mol. The van der Waals surface area contributed by atoms with E-state index in [-0.39, 0.29) is 12.0 Å². The van der Waals surface area contributed by atoms with E-state index < -0.39 is 53.0 Å². The number of aliphatic carboxylic acids is 2. The number of amides is 1. The third-order valence-corrected chi connectivity index (χ3v) is 4.78. The normalized spacial score (nSPS) is 34.5. The zero-order valence-corrected chi connectivity index (χ0v) is 11.9. The molecule has 8 heteroatoms. The molecule has 0 radical (unpaired) electrons. The zero-order valence-electron chi connectivity index (χ0n) is 11.9. The molecule has 1 amide bonds. The maximum atomic E-state index is 13.2. The molecule has 0 unspecified atom stereocenters. The Bertz CT molecular complexity index is 709. The SMILES string of the molecule is N[C@]1(C(=O)O)C[C@@H](NC(=O)c2cccc(F)c2)[C@@H]2[C@@H](C(=O)O)[C@H]21. The van der Waals surface area contributed by atoms with Crippen LogP contribution < -0.4 is 11.1 Å². The van der Waals surface area contributed by atoms with Crippen molar-refractivity contribution in [3.05, 3.63) is 35.6 Å². The fourth-order valence-electron chi connectivity index (χ4n) is 3.71. The summed E-state index contributed by atoms with van der Waals surface area (Å²) < 4.78 is 13.2. The highest BCUT2D eigenvalue weighted by Gasteiger charge is 2.74. The highest BCUT2D eigenvalue weighted by atomic mass is 19.1. The van der Waals surface area contributed by atoms with E-state index >= 15 is 0 Å². The van der Waals surface area contributed by atoms with Gasteiger partial charge in [-0.1, -0.05) is 6.07 Å². The molecule has 1 aromatic carbocycles. The summed E-state index contributed by atoms with van der Waals surface area (Å²) >= 11 is 0. The number of hydrogen-bond donors (Lipinski definition) is 4. The van der Waals surface area contributed by atoms with E-state index in [1.54, 1.807) is 0 Å². The minimum atomic E-state index is -1.67. The number of carbonyl (C=O) groups is 3. The summed E-state index contributed by atoms with van der Waals surface area (Å²) in [6, 6.07) is 4.37. The third kappa shape index (κ3) is 2.35. The topological polar surface area (TPSA) is 130 Å². The zero-order chi connectivity index (χ0) is 16.9. The standard InChI is InChI=1S/C15H15FN2O5/c16-7-3-1-2-6(4-7)12(19)18-8-5-15(17,14(22)23)11-9(8)10(11)13(20)21/h1-4,8-11H,5,17H2,(H,18,19)(H,20,21)(H,22,23)/t8-,9-,10-,11+,15-/m1/s1. The van der Waals surface area contributed by atoms with Gasteiger partial charge in [0.15, 0.2) is 0 Å². The predicted octanol–water partition coefficient (Wildman–Crippen LogP) is 0.0567. The Kier molecular flexibility index (Phi) is 3.36. The van der Waals surface area contributed by atoms with Gasteiger partial charge in [-0.2, -0.15) is 0 Å². The van der Waals surface area contributed by atoms with Crippen LogP contribution >= 0.6 is 0 Å². The summed E-state index contributed by atoms with van der Waals surface area (Å²) in [6.07, 6.45) is -0.0531. The Hall–Kier alpha value is -2.48. The molecule has 23 heavy (non-hydrogen) atoms. The van der Waals surface area contributed by atoms with E-state index in [0.717, 1.165) is 6.07 Å². The van der Waals surface area contributed by atoms with Crippen molar-refractivity contribution in [2.75, 3.05) is 0 Å². The number of fused-ring (bicyclic) bond motifs is 1. The first kappa shape index (κ1) is 15.4. The van der Waals surface area contributed by atoms with Crippen molar-refractivity contribution in [3.63, 3.8) is 0 Å². The molecular formula is C15H15FN2O5. The van der Waals surface area contributed by atoms with Gasteiger partial charge in [-0.3, -0.25) is 14.4 Å². The van der Waals surface area contributed by atoms with Crippen molar-refractivity contribution in [1.29, 1.82) is 0 Å². The molecule has 5 atom stereocenters. The molecule has 3 rings (SSSR count). The minimum Gasteiger partial charge on any atom is -0.481 e. The largest absolute Gasteiger partial charge is 0.481 e. The van der Waals surface area contributed by atoms with Crippen LogP contribution in [-0.2, 0) is 9.59 Å². The molecular weight excluding hydrogens is 307 g/mol. The lowest BCUT2D eigenvalue weighted by Crippen LogP contribution is -2.52. The molecule has 1 aromatic rings. The van der Waals surface area contributed by atoms with Gasteiger partial charge in [0.1, 0.15) is 11.4 Å². The molecule has 0 aromatic heterocycles. The molecule has 2 aliphatic rings. The van der Waals surface area contributed by atoms with E-state index in [0.29, 0.717) is 0 Å². The lowest BCUT2D eigenvalue weighted by atomic mass is 9.90. The van der Waals surface area contributed by atoms with Gasteiger partial charge in [0.05, 0.1) is 5.92 Å². The summed E-state index contributed by atoms with van der Waals surface area (Å²) in [6.45, 7) is 0. The molecule has 0 spiro atoms. The van der Waals surface area contributed by atoms with Crippen molar-refractivity contribution in [3.8, 4) is 0 Å². The molecule has 122 valence electrons. The van der Waals surface area contributed by atoms with Crippen molar-refractivity contribution in [2.24, 2.45) is 23.5 Å². The van der Waals surface area contributed by atoms with Crippen LogP contribution in [0.5, 0.6) is 0 Å². The molecule has 0 saturated heterocycles. The number of benzene rings is 1. The second-order valence-corrected chi connectivity index (χ2v) is 6.11. The molecule has 2 saturated carbocycles. The maximum absolute atomic E-state index is 13.2. The molecule has 2 aliphatic carbocycles. The van der Waals surface area contributed by atoms with Gasteiger partial charge >= 0.3 is 11.9 Å². The van der Waals surface area contributed by atoms with E-state index in [1.165, 1.54) is 18.2 Å². The van der Waals surface area contributed by atoms with Crippen LogP contribution in [0, 0.1) is 23.6 Å². The second kappa shape index (κ2) is 5.02. The number of halogens is 1. The third-order valence-electron chi connectivity index (χ3n) is 4.78. The van der Waals surface area contributed by atoms with Crippen LogP contribution in [0.2, 0.25) is 0 Å². The molecule has 0 heterocycles. The number of carboxylic acid groups (broad SMARTS) is 2. The van der Waals surface area contributed by atoms with Crippen LogP contribution in [0.15, 0.2) is 24.3 Å². The summed E-state index contributed by atoms with van der Waals surface area (Å²) in [5, 5.41) is 21.1. The first-order valence-corrected chi connectivity index (χ1v) is 7.07. The van der Waals surface area contributed by atoms with Crippen LogP contribution in [0.4, 0.5) is 4.39 Å². The molecule has 0 aliphatic heterocycles. The summed E-state index contributed by atoms with van der Waals surface area (Å²) in [5.41, 5.74) is 4.28. The van der Waals surface area contributed by atoms with Crippen LogP contribution in [0.1, 0.15) is 16.8 Å². The Morgan fingerprint density at radius 1 is 1.30 bits per heavy atom. The number of carbonyl (C=O) groups excluding carboxylic acids is 1. The summed E-state index contributed by atoms with van der Waals surface area (Å²) in [5.74, 6) is -5.68. The van der Waals surface area contributed by atoms with Gasteiger partial charge < -0.3 is 21.3 Å². The fraction of sp³-hybridized carbons (Fsp3) is 0.400. The quantitative estimate of drug-likeness (QED) is 0.620.